The average molecular weight is 249 g/mol. The van der Waals surface area contributed by atoms with E-state index in [0.717, 1.165) is 11.3 Å². The van der Waals surface area contributed by atoms with Gasteiger partial charge in [0.1, 0.15) is 11.4 Å². The lowest BCUT2D eigenvalue weighted by molar-refractivity contribution is 0.416. The van der Waals surface area contributed by atoms with Crippen LogP contribution in [0.1, 0.15) is 5.56 Å². The van der Waals surface area contributed by atoms with Crippen LogP contribution in [-0.4, -0.2) is 17.9 Å². The molecule has 0 radical (unpaired) electrons. The van der Waals surface area contributed by atoms with E-state index in [1.165, 1.54) is 0 Å². The second-order valence-corrected chi connectivity index (χ2v) is 4.12. The highest BCUT2D eigenvalue weighted by molar-refractivity contribution is 6.30. The molecule has 2 aromatic rings. The summed E-state index contributed by atoms with van der Waals surface area (Å²) in [5, 5.41) is 0.644. The molecule has 1 heterocycles. The summed E-state index contributed by atoms with van der Waals surface area (Å²) >= 11 is 5.93. The van der Waals surface area contributed by atoms with Gasteiger partial charge in [-0.05, 0) is 24.3 Å². The number of halogens is 1. The lowest BCUT2D eigenvalue weighted by Crippen LogP contribution is -1.84. The number of ether oxygens (including phenoxy) is 1. The first-order chi connectivity index (χ1) is 8.19. The molecule has 0 fully saturated rings. The fourth-order valence-electron chi connectivity index (χ4n) is 1.51. The summed E-state index contributed by atoms with van der Waals surface area (Å²) in [6.07, 6.45) is 5.74. The van der Waals surface area contributed by atoms with Gasteiger partial charge in [0.25, 0.3) is 0 Å². The van der Waals surface area contributed by atoms with Crippen LogP contribution in [-0.2, 0) is 7.05 Å². The molecule has 0 spiro atoms. The maximum atomic E-state index is 5.93. The maximum Gasteiger partial charge on any atom is 0.144 e. The maximum absolute atomic E-state index is 5.93. The van der Waals surface area contributed by atoms with Crippen LogP contribution in [0.4, 0.5) is 5.69 Å². The molecule has 0 aliphatic heterocycles. The summed E-state index contributed by atoms with van der Waals surface area (Å²) in [6, 6.07) is 7.35. The predicted molar refractivity (Wildman–Crippen MR) is 70.7 cm³/mol. The number of hydrogen-bond acceptors (Lipinski definition) is 2. The minimum absolute atomic E-state index is 0.644. The van der Waals surface area contributed by atoms with Gasteiger partial charge in [0.05, 0.1) is 7.11 Å². The Hall–Kier alpha value is -1.74. The van der Waals surface area contributed by atoms with Gasteiger partial charge in [-0.3, -0.25) is 4.99 Å². The smallest absolute Gasteiger partial charge is 0.144 e. The first-order valence-electron chi connectivity index (χ1n) is 5.18. The topological polar surface area (TPSA) is 26.5 Å². The Morgan fingerprint density at radius 1 is 1.35 bits per heavy atom. The summed E-state index contributed by atoms with van der Waals surface area (Å²) in [5.41, 5.74) is 1.76. The van der Waals surface area contributed by atoms with E-state index in [-0.39, 0.29) is 0 Å². The zero-order valence-corrected chi connectivity index (χ0v) is 10.5. The fourth-order valence-corrected chi connectivity index (χ4v) is 1.68. The molecule has 0 saturated heterocycles. The SMILES string of the molecule is COc1ccc(Cl)cc1N=Cc1ccn(C)c1. The highest BCUT2D eigenvalue weighted by Crippen LogP contribution is 2.30. The summed E-state index contributed by atoms with van der Waals surface area (Å²) in [6.45, 7) is 0. The average Bonchev–Trinajstić information content (AvgIpc) is 2.73. The molecular formula is C13H13ClN2O. The number of methoxy groups -OCH3 is 1. The van der Waals surface area contributed by atoms with Crippen molar-refractivity contribution >= 4 is 23.5 Å². The van der Waals surface area contributed by atoms with E-state index in [2.05, 4.69) is 4.99 Å². The molecule has 0 N–H and O–H groups in total. The first-order valence-corrected chi connectivity index (χ1v) is 5.56. The molecule has 0 bridgehead atoms. The van der Waals surface area contributed by atoms with E-state index in [1.807, 2.05) is 30.1 Å². The predicted octanol–water partition coefficient (Wildman–Crippen LogP) is 3.44. The quantitative estimate of drug-likeness (QED) is 0.765. The molecule has 0 unspecified atom stereocenters. The Morgan fingerprint density at radius 2 is 2.18 bits per heavy atom. The normalized spacial score (nSPS) is 11.0. The van der Waals surface area contributed by atoms with Crippen molar-refractivity contribution in [3.05, 3.63) is 47.2 Å². The minimum Gasteiger partial charge on any atom is -0.494 e. The Balaban J connectivity index is 2.28. The zero-order valence-electron chi connectivity index (χ0n) is 9.72. The summed E-state index contributed by atoms with van der Waals surface area (Å²) in [4.78, 5) is 4.37. The minimum atomic E-state index is 0.644. The highest BCUT2D eigenvalue weighted by Gasteiger charge is 2.01. The number of benzene rings is 1. The van der Waals surface area contributed by atoms with Crippen molar-refractivity contribution in [1.82, 2.24) is 4.57 Å². The van der Waals surface area contributed by atoms with Gasteiger partial charge in [0.2, 0.25) is 0 Å². The summed E-state index contributed by atoms with van der Waals surface area (Å²) in [5.74, 6) is 0.710. The van der Waals surface area contributed by atoms with Crippen molar-refractivity contribution in [2.24, 2.45) is 12.0 Å². The van der Waals surface area contributed by atoms with E-state index in [0.29, 0.717) is 10.8 Å². The van der Waals surface area contributed by atoms with E-state index in [1.54, 1.807) is 31.5 Å². The van der Waals surface area contributed by atoms with E-state index in [9.17, 15) is 0 Å². The van der Waals surface area contributed by atoms with Crippen LogP contribution >= 0.6 is 11.6 Å². The molecule has 3 nitrogen and oxygen atoms in total. The molecule has 0 saturated carbocycles. The molecule has 0 aliphatic rings. The number of rotatable bonds is 3. The lowest BCUT2D eigenvalue weighted by Gasteiger charge is -2.03. The van der Waals surface area contributed by atoms with Crippen molar-refractivity contribution in [3.63, 3.8) is 0 Å². The Kier molecular flexibility index (Phi) is 3.49. The van der Waals surface area contributed by atoms with Crippen molar-refractivity contribution < 1.29 is 4.74 Å². The monoisotopic (exact) mass is 248 g/mol. The van der Waals surface area contributed by atoms with Gasteiger partial charge in [0, 0.05) is 36.2 Å². The van der Waals surface area contributed by atoms with Gasteiger partial charge < -0.3 is 9.30 Å². The number of aryl methyl sites for hydroxylation is 1. The number of nitrogens with zero attached hydrogens (tertiary/aromatic N) is 2. The molecule has 2 rings (SSSR count). The van der Waals surface area contributed by atoms with Gasteiger partial charge in [-0.2, -0.15) is 0 Å². The van der Waals surface area contributed by atoms with Crippen molar-refractivity contribution in [3.8, 4) is 5.75 Å². The molecule has 17 heavy (non-hydrogen) atoms. The van der Waals surface area contributed by atoms with Crippen molar-refractivity contribution in [2.75, 3.05) is 7.11 Å². The van der Waals surface area contributed by atoms with Crippen molar-refractivity contribution in [1.29, 1.82) is 0 Å². The molecule has 1 aromatic heterocycles. The van der Waals surface area contributed by atoms with Gasteiger partial charge >= 0.3 is 0 Å². The second kappa shape index (κ2) is 5.06. The van der Waals surface area contributed by atoms with E-state index < -0.39 is 0 Å². The largest absolute Gasteiger partial charge is 0.494 e. The highest BCUT2D eigenvalue weighted by atomic mass is 35.5. The van der Waals surface area contributed by atoms with Gasteiger partial charge in [-0.1, -0.05) is 11.6 Å². The van der Waals surface area contributed by atoms with Crippen LogP contribution in [0.5, 0.6) is 5.75 Å². The lowest BCUT2D eigenvalue weighted by atomic mass is 10.3. The molecule has 0 aliphatic carbocycles. The van der Waals surface area contributed by atoms with Crippen LogP contribution in [0.2, 0.25) is 5.02 Å². The van der Waals surface area contributed by atoms with E-state index in [4.69, 9.17) is 16.3 Å². The van der Waals surface area contributed by atoms with Crippen LogP contribution < -0.4 is 4.74 Å². The van der Waals surface area contributed by atoms with Crippen molar-refractivity contribution in [2.45, 2.75) is 0 Å². The number of aliphatic imine (C=N–C) groups is 1. The van der Waals surface area contributed by atoms with Gasteiger partial charge in [-0.25, -0.2) is 0 Å². The third kappa shape index (κ3) is 2.88. The van der Waals surface area contributed by atoms with Gasteiger partial charge in [-0.15, -0.1) is 0 Å². The number of aromatic nitrogens is 1. The Morgan fingerprint density at radius 3 is 2.82 bits per heavy atom. The molecule has 1 aromatic carbocycles. The third-order valence-electron chi connectivity index (χ3n) is 2.35. The van der Waals surface area contributed by atoms with Crippen LogP contribution in [0, 0.1) is 0 Å². The van der Waals surface area contributed by atoms with Gasteiger partial charge in [0.15, 0.2) is 0 Å². The Labute approximate surface area is 105 Å². The molecular weight excluding hydrogens is 236 g/mol. The third-order valence-corrected chi connectivity index (χ3v) is 2.58. The van der Waals surface area contributed by atoms with Crippen LogP contribution in [0.25, 0.3) is 0 Å². The standard InChI is InChI=1S/C13H13ClN2O/c1-16-6-5-10(9-16)8-15-12-7-11(14)3-4-13(12)17-2/h3-9H,1-2H3. The summed E-state index contributed by atoms with van der Waals surface area (Å²) in [7, 11) is 3.59. The number of hydrogen-bond donors (Lipinski definition) is 0. The molecule has 0 amide bonds. The molecule has 0 atom stereocenters. The fraction of sp³-hybridized carbons (Fsp3) is 0.154. The molecule has 88 valence electrons. The first kappa shape index (κ1) is 11.7. The Bertz CT molecular complexity index is 546. The van der Waals surface area contributed by atoms with Crippen LogP contribution in [0.3, 0.4) is 0 Å². The van der Waals surface area contributed by atoms with E-state index >= 15 is 0 Å². The molecule has 4 heteroatoms. The summed E-state index contributed by atoms with van der Waals surface area (Å²) < 4.78 is 7.19. The second-order valence-electron chi connectivity index (χ2n) is 3.68. The van der Waals surface area contributed by atoms with Crippen LogP contribution in [0.15, 0.2) is 41.7 Å². The zero-order chi connectivity index (χ0) is 12.3.